The Morgan fingerprint density at radius 1 is 1.14 bits per heavy atom. The van der Waals surface area contributed by atoms with Gasteiger partial charge in [-0.15, -0.1) is 11.3 Å². The molecule has 5 atom stereocenters. The molecule has 6 nitrogen and oxygen atoms in total. The van der Waals surface area contributed by atoms with Crippen molar-refractivity contribution in [3.8, 4) is 0 Å². The van der Waals surface area contributed by atoms with E-state index in [1.165, 1.54) is 16.9 Å². The van der Waals surface area contributed by atoms with Gasteiger partial charge < -0.3 is 14.2 Å². The Kier molecular flexibility index (Phi) is 7.14. The van der Waals surface area contributed by atoms with Gasteiger partial charge in [0.2, 0.25) is 0 Å². The van der Waals surface area contributed by atoms with Gasteiger partial charge in [0.25, 0.3) is 0 Å². The predicted molar refractivity (Wildman–Crippen MR) is 141 cm³/mol. The summed E-state index contributed by atoms with van der Waals surface area (Å²) in [6.45, 7) is 8.80. The zero-order valence-corrected chi connectivity index (χ0v) is 22.5. The number of carbonyl (C=O) groups is 2. The number of anilines is 1. The van der Waals surface area contributed by atoms with Gasteiger partial charge in [-0.1, -0.05) is 57.5 Å². The highest BCUT2D eigenvalue weighted by Crippen LogP contribution is 2.49. The number of amides is 1. The van der Waals surface area contributed by atoms with Crippen molar-refractivity contribution in [2.24, 2.45) is 11.8 Å². The molecule has 1 aromatic heterocycles. The molecule has 1 N–H and O–H groups in total. The molecule has 2 fully saturated rings. The van der Waals surface area contributed by atoms with Crippen molar-refractivity contribution in [1.29, 1.82) is 0 Å². The van der Waals surface area contributed by atoms with Crippen LogP contribution in [0.1, 0.15) is 92.3 Å². The summed E-state index contributed by atoms with van der Waals surface area (Å²) in [6.07, 6.45) is 5.00. The molecule has 1 saturated heterocycles. The van der Waals surface area contributed by atoms with E-state index in [2.05, 4.69) is 50.4 Å². The second kappa shape index (κ2) is 10.2. The van der Waals surface area contributed by atoms with Crippen LogP contribution in [0.2, 0.25) is 0 Å². The molecule has 1 saturated carbocycles. The smallest absolute Gasteiger partial charge is 0.412 e. The van der Waals surface area contributed by atoms with Crippen molar-refractivity contribution in [2.45, 2.75) is 89.9 Å². The minimum Gasteiger partial charge on any atom is -0.462 e. The first-order chi connectivity index (χ1) is 17.3. The largest absolute Gasteiger partial charge is 0.462 e. The Labute approximate surface area is 217 Å². The molecular formula is C29H37NO5S. The fourth-order valence-electron chi connectivity index (χ4n) is 6.36. The molecule has 5 rings (SSSR count). The second-order valence-electron chi connectivity index (χ2n) is 11.1. The molecule has 3 aliphatic rings. The summed E-state index contributed by atoms with van der Waals surface area (Å²) in [6, 6.07) is 10.5. The van der Waals surface area contributed by atoms with Crippen molar-refractivity contribution in [3.63, 3.8) is 0 Å². The Morgan fingerprint density at radius 2 is 1.92 bits per heavy atom. The third kappa shape index (κ3) is 4.80. The van der Waals surface area contributed by atoms with Gasteiger partial charge >= 0.3 is 12.1 Å². The third-order valence-corrected chi connectivity index (χ3v) is 9.56. The zero-order valence-electron chi connectivity index (χ0n) is 21.7. The average Bonchev–Trinajstić information content (AvgIpc) is 3.41. The predicted octanol–water partition coefficient (Wildman–Crippen LogP) is 7.03. The Morgan fingerprint density at radius 3 is 2.67 bits per heavy atom. The Balaban J connectivity index is 1.38. The lowest BCUT2D eigenvalue weighted by molar-refractivity contribution is 0.00268. The number of rotatable bonds is 6. The summed E-state index contributed by atoms with van der Waals surface area (Å²) in [5, 5.41) is 3.46. The van der Waals surface area contributed by atoms with Crippen LogP contribution in [-0.4, -0.2) is 30.9 Å². The number of nitrogens with one attached hydrogen (secondary N) is 1. The van der Waals surface area contributed by atoms with Gasteiger partial charge in [-0.25, -0.2) is 9.59 Å². The molecule has 2 aromatic rings. The first kappa shape index (κ1) is 25.3. The van der Waals surface area contributed by atoms with Gasteiger partial charge in [0.15, 0.2) is 0 Å². The van der Waals surface area contributed by atoms with Gasteiger partial charge in [0, 0.05) is 17.2 Å². The van der Waals surface area contributed by atoms with Crippen LogP contribution in [0, 0.1) is 11.8 Å². The van der Waals surface area contributed by atoms with E-state index in [1.54, 1.807) is 6.92 Å². The lowest BCUT2D eigenvalue weighted by atomic mass is 9.64. The van der Waals surface area contributed by atoms with Crippen LogP contribution in [0.5, 0.6) is 0 Å². The fourth-order valence-corrected chi connectivity index (χ4v) is 7.63. The first-order valence-electron chi connectivity index (χ1n) is 13.3. The summed E-state index contributed by atoms with van der Waals surface area (Å²) in [5.41, 5.74) is 2.57. The lowest BCUT2D eigenvalue weighted by Gasteiger charge is -2.43. The molecule has 36 heavy (non-hydrogen) atoms. The number of hydrogen-bond acceptors (Lipinski definition) is 6. The molecule has 2 bridgehead atoms. The van der Waals surface area contributed by atoms with Crippen LogP contribution in [0.25, 0.3) is 0 Å². The molecule has 0 radical (unpaired) electrons. The maximum absolute atomic E-state index is 13.3. The Bertz CT molecular complexity index is 1110. The van der Waals surface area contributed by atoms with E-state index >= 15 is 0 Å². The molecule has 7 heteroatoms. The first-order valence-corrected chi connectivity index (χ1v) is 14.1. The van der Waals surface area contributed by atoms with Crippen molar-refractivity contribution < 1.29 is 23.8 Å². The van der Waals surface area contributed by atoms with Crippen LogP contribution in [0.3, 0.4) is 0 Å². The van der Waals surface area contributed by atoms with E-state index in [0.29, 0.717) is 22.9 Å². The molecule has 2 unspecified atom stereocenters. The Hall–Kier alpha value is -2.38. The SMILES string of the molecule is CCOC(=O)c1c(NC(=O)O[C@@H]2C[C@H](C)CC[C@H]2C(C)(C)c2ccccc2)sc2c1CC1CCC2O1. The van der Waals surface area contributed by atoms with Crippen LogP contribution in [-0.2, 0) is 26.0 Å². The van der Waals surface area contributed by atoms with Gasteiger partial charge in [-0.05, 0) is 55.1 Å². The highest BCUT2D eigenvalue weighted by atomic mass is 32.1. The minimum atomic E-state index is -0.502. The van der Waals surface area contributed by atoms with Crippen LogP contribution < -0.4 is 5.32 Å². The van der Waals surface area contributed by atoms with E-state index in [0.717, 1.165) is 42.5 Å². The summed E-state index contributed by atoms with van der Waals surface area (Å²) in [5.74, 6) is 0.301. The maximum Gasteiger partial charge on any atom is 0.412 e. The summed E-state index contributed by atoms with van der Waals surface area (Å²) in [4.78, 5) is 27.3. The van der Waals surface area contributed by atoms with Gasteiger partial charge in [0.1, 0.15) is 11.1 Å². The number of carbonyl (C=O) groups excluding carboxylic acids is 2. The molecular weight excluding hydrogens is 474 g/mol. The molecule has 2 aliphatic heterocycles. The quantitative estimate of drug-likeness (QED) is 0.421. The molecule has 1 aromatic carbocycles. The third-order valence-electron chi connectivity index (χ3n) is 8.32. The maximum atomic E-state index is 13.3. The number of hydrogen-bond donors (Lipinski definition) is 1. The number of thiophene rings is 1. The van der Waals surface area contributed by atoms with E-state index in [1.807, 2.05) is 6.07 Å². The van der Waals surface area contributed by atoms with Crippen LogP contribution in [0.4, 0.5) is 9.80 Å². The number of esters is 1. The molecule has 0 spiro atoms. The van der Waals surface area contributed by atoms with E-state index in [-0.39, 0.29) is 42.2 Å². The van der Waals surface area contributed by atoms with Crippen molar-refractivity contribution in [3.05, 3.63) is 51.9 Å². The van der Waals surface area contributed by atoms with Crippen LogP contribution >= 0.6 is 11.3 Å². The summed E-state index contributed by atoms with van der Waals surface area (Å²) < 4.78 is 17.6. The highest BCUT2D eigenvalue weighted by molar-refractivity contribution is 7.17. The number of fused-ring (bicyclic) bond motifs is 4. The van der Waals surface area contributed by atoms with Gasteiger partial charge in [-0.3, -0.25) is 5.32 Å². The lowest BCUT2D eigenvalue weighted by Crippen LogP contribution is -2.44. The standard InChI is InChI=1S/C29H37NO5S/c1-5-33-27(31)24-20-16-19-12-14-22(34-19)25(20)36-26(24)30-28(32)35-23-15-17(2)11-13-21(23)29(3,4)18-9-7-6-8-10-18/h6-10,17,19,21-23H,5,11-16H2,1-4H3,(H,30,32)/t17-,19?,21-,22?,23-/m1/s1. The van der Waals surface area contributed by atoms with E-state index in [9.17, 15) is 9.59 Å². The zero-order chi connectivity index (χ0) is 25.4. The summed E-state index contributed by atoms with van der Waals surface area (Å²) >= 11 is 1.43. The van der Waals surface area contributed by atoms with Crippen LogP contribution in [0.15, 0.2) is 30.3 Å². The highest BCUT2D eigenvalue weighted by Gasteiger charge is 2.43. The van der Waals surface area contributed by atoms with Crippen molar-refractivity contribution >= 4 is 28.4 Å². The van der Waals surface area contributed by atoms with Crippen molar-refractivity contribution in [1.82, 2.24) is 0 Å². The molecule has 3 heterocycles. The topological polar surface area (TPSA) is 73.9 Å². The minimum absolute atomic E-state index is 0.00116. The fraction of sp³-hybridized carbons (Fsp3) is 0.586. The normalized spacial score (nSPS) is 27.3. The van der Waals surface area contributed by atoms with E-state index < -0.39 is 6.09 Å². The second-order valence-corrected chi connectivity index (χ2v) is 12.1. The monoisotopic (exact) mass is 511 g/mol. The van der Waals surface area contributed by atoms with Gasteiger partial charge in [0.05, 0.1) is 24.4 Å². The van der Waals surface area contributed by atoms with E-state index in [4.69, 9.17) is 14.2 Å². The van der Waals surface area contributed by atoms with Gasteiger partial charge in [-0.2, -0.15) is 0 Å². The summed E-state index contributed by atoms with van der Waals surface area (Å²) in [7, 11) is 0. The molecule has 1 amide bonds. The number of benzene rings is 1. The average molecular weight is 512 g/mol. The van der Waals surface area contributed by atoms with Crippen molar-refractivity contribution in [2.75, 3.05) is 11.9 Å². The number of ether oxygens (including phenoxy) is 3. The molecule has 1 aliphatic carbocycles. The molecule has 194 valence electrons.